The van der Waals surface area contributed by atoms with E-state index < -0.39 is 20.0 Å². The Morgan fingerprint density at radius 2 is 0.929 bits per heavy atom. The van der Waals surface area contributed by atoms with Crippen LogP contribution in [0.5, 0.6) is 0 Å². The number of anilines is 2. The van der Waals surface area contributed by atoms with E-state index in [1.807, 2.05) is 0 Å². The molecule has 0 atom stereocenters. The summed E-state index contributed by atoms with van der Waals surface area (Å²) in [5.41, 5.74) is 0.621. The minimum absolute atomic E-state index is 0.112. The van der Waals surface area contributed by atoms with Crippen molar-refractivity contribution in [3.05, 3.63) is 81.7 Å². The van der Waals surface area contributed by atoms with Gasteiger partial charge in [0.15, 0.2) is 0 Å². The lowest BCUT2D eigenvalue weighted by atomic mass is 10.3. The first-order chi connectivity index (χ1) is 13.2. The second-order valence-electron chi connectivity index (χ2n) is 5.70. The Morgan fingerprint density at radius 3 is 1.25 bits per heavy atom. The molecule has 0 aliphatic carbocycles. The Labute approximate surface area is 180 Å². The summed E-state index contributed by atoms with van der Waals surface area (Å²) < 4.78 is 56.0. The molecule has 0 saturated carbocycles. The van der Waals surface area contributed by atoms with Crippen molar-refractivity contribution in [2.45, 2.75) is 9.79 Å². The second-order valence-corrected chi connectivity index (χ2v) is 10.9. The molecule has 146 valence electrons. The topological polar surface area (TPSA) is 92.3 Å². The van der Waals surface area contributed by atoms with Gasteiger partial charge in [-0.25, -0.2) is 16.8 Å². The molecule has 10 heteroatoms. The third kappa shape index (κ3) is 5.13. The lowest BCUT2D eigenvalue weighted by Crippen LogP contribution is -2.14. The van der Waals surface area contributed by atoms with Crippen LogP contribution in [-0.2, 0) is 20.0 Å². The Hall–Kier alpha value is -1.88. The van der Waals surface area contributed by atoms with Crippen LogP contribution >= 0.6 is 31.9 Å². The van der Waals surface area contributed by atoms with Crippen molar-refractivity contribution in [2.75, 3.05) is 9.44 Å². The maximum absolute atomic E-state index is 12.4. The molecule has 3 rings (SSSR count). The van der Waals surface area contributed by atoms with Gasteiger partial charge < -0.3 is 0 Å². The van der Waals surface area contributed by atoms with Gasteiger partial charge in [0.1, 0.15) is 0 Å². The number of hydrogen-bond acceptors (Lipinski definition) is 4. The summed E-state index contributed by atoms with van der Waals surface area (Å²) in [6.45, 7) is 0. The van der Waals surface area contributed by atoms with Crippen molar-refractivity contribution in [3.8, 4) is 0 Å². The van der Waals surface area contributed by atoms with Crippen LogP contribution in [0.1, 0.15) is 0 Å². The SMILES string of the molecule is O=S(=O)(Nc1ccc(NS(=O)(=O)c2cccc(Br)c2)cc1)c1cccc(Br)c1. The van der Waals surface area contributed by atoms with E-state index in [0.29, 0.717) is 20.3 Å². The third-order valence-corrected chi connectivity index (χ3v) is 7.35. The summed E-state index contributed by atoms with van der Waals surface area (Å²) in [7, 11) is -7.51. The molecule has 3 aromatic carbocycles. The molecule has 0 aliphatic rings. The molecule has 0 aromatic heterocycles. The number of benzene rings is 3. The zero-order chi connectivity index (χ0) is 20.4. The maximum atomic E-state index is 12.4. The fraction of sp³-hybridized carbons (Fsp3) is 0. The normalized spacial score (nSPS) is 11.8. The highest BCUT2D eigenvalue weighted by Gasteiger charge is 2.16. The first-order valence-corrected chi connectivity index (χ1v) is 12.4. The fourth-order valence-electron chi connectivity index (χ4n) is 2.30. The minimum atomic E-state index is -3.76. The van der Waals surface area contributed by atoms with Gasteiger partial charge in [-0.15, -0.1) is 0 Å². The summed E-state index contributed by atoms with van der Waals surface area (Å²) in [4.78, 5) is 0.225. The zero-order valence-electron chi connectivity index (χ0n) is 14.1. The second kappa shape index (κ2) is 8.24. The minimum Gasteiger partial charge on any atom is -0.280 e. The molecule has 0 bridgehead atoms. The van der Waals surface area contributed by atoms with E-state index in [-0.39, 0.29) is 9.79 Å². The van der Waals surface area contributed by atoms with E-state index in [1.54, 1.807) is 24.3 Å². The van der Waals surface area contributed by atoms with Gasteiger partial charge in [-0.1, -0.05) is 44.0 Å². The van der Waals surface area contributed by atoms with Gasteiger partial charge in [0, 0.05) is 20.3 Å². The summed E-state index contributed by atoms with van der Waals surface area (Å²) >= 11 is 6.48. The highest BCUT2D eigenvalue weighted by Crippen LogP contribution is 2.23. The van der Waals surface area contributed by atoms with Crippen molar-refractivity contribution in [2.24, 2.45) is 0 Å². The Balaban J connectivity index is 1.77. The lowest BCUT2D eigenvalue weighted by molar-refractivity contribution is 0.599. The van der Waals surface area contributed by atoms with Crippen molar-refractivity contribution in [1.82, 2.24) is 0 Å². The van der Waals surface area contributed by atoms with Crippen LogP contribution in [0.4, 0.5) is 11.4 Å². The molecule has 0 saturated heterocycles. The average molecular weight is 546 g/mol. The van der Waals surface area contributed by atoms with Crippen LogP contribution < -0.4 is 9.44 Å². The van der Waals surface area contributed by atoms with Gasteiger partial charge in [0.05, 0.1) is 9.79 Å². The Bertz CT molecular complexity index is 1120. The molecule has 0 amide bonds. The average Bonchev–Trinajstić information content (AvgIpc) is 2.63. The first kappa shape index (κ1) is 20.8. The fourth-order valence-corrected chi connectivity index (χ4v) is 5.61. The molecule has 3 aromatic rings. The van der Waals surface area contributed by atoms with E-state index >= 15 is 0 Å². The highest BCUT2D eigenvalue weighted by molar-refractivity contribution is 9.10. The smallest absolute Gasteiger partial charge is 0.261 e. The molecule has 0 radical (unpaired) electrons. The van der Waals surface area contributed by atoms with Crippen molar-refractivity contribution >= 4 is 63.3 Å². The highest BCUT2D eigenvalue weighted by atomic mass is 79.9. The summed E-state index contributed by atoms with van der Waals surface area (Å²) in [5, 5.41) is 0. The van der Waals surface area contributed by atoms with Crippen molar-refractivity contribution in [1.29, 1.82) is 0 Å². The van der Waals surface area contributed by atoms with Gasteiger partial charge in [-0.3, -0.25) is 9.44 Å². The Morgan fingerprint density at radius 1 is 0.571 bits per heavy atom. The summed E-state index contributed by atoms with van der Waals surface area (Å²) in [6, 6.07) is 18.6. The van der Waals surface area contributed by atoms with Crippen LogP contribution in [0.3, 0.4) is 0 Å². The molecule has 28 heavy (non-hydrogen) atoms. The molecule has 6 nitrogen and oxygen atoms in total. The van der Waals surface area contributed by atoms with Crippen LogP contribution in [0.15, 0.2) is 91.5 Å². The number of hydrogen-bond donors (Lipinski definition) is 2. The molecular formula is C18H14Br2N2O4S2. The molecule has 0 aliphatic heterocycles. The van der Waals surface area contributed by atoms with Crippen LogP contribution in [-0.4, -0.2) is 16.8 Å². The summed E-state index contributed by atoms with van der Waals surface area (Å²) in [6.07, 6.45) is 0. The predicted octanol–water partition coefficient (Wildman–Crippen LogP) is 4.81. The monoisotopic (exact) mass is 544 g/mol. The molecule has 0 heterocycles. The van der Waals surface area contributed by atoms with E-state index in [9.17, 15) is 16.8 Å². The standard InChI is InChI=1S/C18H14Br2N2O4S2/c19-13-3-1-5-17(11-13)27(23,24)21-15-7-9-16(10-8-15)22-28(25,26)18-6-2-4-14(20)12-18/h1-12,21-22H. The van der Waals surface area contributed by atoms with Gasteiger partial charge in [0.2, 0.25) is 0 Å². The van der Waals surface area contributed by atoms with Gasteiger partial charge in [-0.2, -0.15) is 0 Å². The quantitative estimate of drug-likeness (QED) is 0.464. The van der Waals surface area contributed by atoms with Crippen molar-refractivity contribution < 1.29 is 16.8 Å². The zero-order valence-corrected chi connectivity index (χ0v) is 18.9. The molecule has 0 fully saturated rings. The predicted molar refractivity (Wildman–Crippen MR) is 116 cm³/mol. The van der Waals surface area contributed by atoms with E-state index in [4.69, 9.17) is 0 Å². The van der Waals surface area contributed by atoms with Gasteiger partial charge in [-0.05, 0) is 60.7 Å². The maximum Gasteiger partial charge on any atom is 0.261 e. The van der Waals surface area contributed by atoms with E-state index in [0.717, 1.165) is 0 Å². The van der Waals surface area contributed by atoms with Crippen molar-refractivity contribution in [3.63, 3.8) is 0 Å². The van der Waals surface area contributed by atoms with E-state index in [2.05, 4.69) is 41.3 Å². The number of halogens is 2. The number of rotatable bonds is 6. The largest absolute Gasteiger partial charge is 0.280 e. The number of sulfonamides is 2. The third-order valence-electron chi connectivity index (χ3n) is 3.60. The van der Waals surface area contributed by atoms with Crippen LogP contribution in [0, 0.1) is 0 Å². The van der Waals surface area contributed by atoms with Gasteiger partial charge in [0.25, 0.3) is 20.0 Å². The first-order valence-electron chi connectivity index (χ1n) is 7.83. The van der Waals surface area contributed by atoms with Crippen LogP contribution in [0.25, 0.3) is 0 Å². The summed E-state index contributed by atoms with van der Waals surface area (Å²) in [5.74, 6) is 0. The van der Waals surface area contributed by atoms with E-state index in [1.165, 1.54) is 48.5 Å². The molecule has 0 spiro atoms. The molecule has 2 N–H and O–H groups in total. The molecular weight excluding hydrogens is 532 g/mol. The Kier molecular flexibility index (Phi) is 6.13. The number of nitrogens with one attached hydrogen (secondary N) is 2. The molecule has 0 unspecified atom stereocenters. The lowest BCUT2D eigenvalue weighted by Gasteiger charge is -2.11. The van der Waals surface area contributed by atoms with Gasteiger partial charge >= 0.3 is 0 Å². The van der Waals surface area contributed by atoms with Crippen LogP contribution in [0.2, 0.25) is 0 Å².